The zero-order valence-electron chi connectivity index (χ0n) is 13.4. The Morgan fingerprint density at radius 1 is 1.17 bits per heavy atom. The highest BCUT2D eigenvalue weighted by molar-refractivity contribution is 5.98. The van der Waals surface area contributed by atoms with E-state index in [0.717, 1.165) is 11.3 Å². The fraction of sp³-hybridized carbons (Fsp3) is 0.333. The van der Waals surface area contributed by atoms with Crippen LogP contribution >= 0.6 is 0 Å². The first kappa shape index (κ1) is 16.4. The Morgan fingerprint density at radius 2 is 1.83 bits per heavy atom. The van der Waals surface area contributed by atoms with Crippen LogP contribution in [0.25, 0.3) is 0 Å². The Labute approximate surface area is 141 Å². The number of carbonyl (C=O) groups excluding carboxylic acids is 1. The molecular weight excluding hydrogens is 306 g/mol. The van der Waals surface area contributed by atoms with E-state index in [0.29, 0.717) is 38.3 Å². The molecule has 1 aromatic carbocycles. The van der Waals surface area contributed by atoms with Gasteiger partial charge in [-0.25, -0.2) is 0 Å². The molecule has 126 valence electrons. The SMILES string of the molecule is NC1(C(=O)Nc2ccc(OCc3ccncc3)cc2)CCOCC1. The lowest BCUT2D eigenvalue weighted by molar-refractivity contribution is -0.124. The highest BCUT2D eigenvalue weighted by Gasteiger charge is 2.35. The van der Waals surface area contributed by atoms with Gasteiger partial charge in [-0.1, -0.05) is 0 Å². The average molecular weight is 327 g/mol. The van der Waals surface area contributed by atoms with Crippen molar-refractivity contribution in [3.8, 4) is 5.75 Å². The van der Waals surface area contributed by atoms with Gasteiger partial charge in [0.15, 0.2) is 0 Å². The van der Waals surface area contributed by atoms with E-state index in [1.54, 1.807) is 12.4 Å². The number of anilines is 1. The fourth-order valence-corrected chi connectivity index (χ4v) is 2.50. The third-order valence-electron chi connectivity index (χ3n) is 4.10. The molecule has 1 aromatic heterocycles. The van der Waals surface area contributed by atoms with E-state index in [1.165, 1.54) is 0 Å². The number of hydrogen-bond donors (Lipinski definition) is 2. The average Bonchev–Trinajstić information content (AvgIpc) is 2.62. The van der Waals surface area contributed by atoms with Gasteiger partial charge in [0.2, 0.25) is 5.91 Å². The molecule has 0 saturated carbocycles. The van der Waals surface area contributed by atoms with Gasteiger partial charge in [0.05, 0.1) is 0 Å². The molecule has 6 nitrogen and oxygen atoms in total. The van der Waals surface area contributed by atoms with Gasteiger partial charge >= 0.3 is 0 Å². The number of benzene rings is 1. The van der Waals surface area contributed by atoms with Gasteiger partial charge in [-0.3, -0.25) is 9.78 Å². The van der Waals surface area contributed by atoms with Crippen molar-refractivity contribution in [2.24, 2.45) is 5.73 Å². The maximum atomic E-state index is 12.4. The highest BCUT2D eigenvalue weighted by atomic mass is 16.5. The second kappa shape index (κ2) is 7.42. The van der Waals surface area contributed by atoms with Crippen LogP contribution in [0.5, 0.6) is 5.75 Å². The molecular formula is C18H21N3O3. The molecule has 1 amide bonds. The standard InChI is InChI=1S/C18H21N3O3/c19-18(7-11-23-12-8-18)17(22)21-15-1-3-16(4-2-15)24-13-14-5-9-20-10-6-14/h1-6,9-10H,7-8,11-13,19H2,(H,21,22). The van der Waals surface area contributed by atoms with Gasteiger partial charge in [0.25, 0.3) is 0 Å². The lowest BCUT2D eigenvalue weighted by Gasteiger charge is -2.31. The summed E-state index contributed by atoms with van der Waals surface area (Å²) < 4.78 is 11.0. The van der Waals surface area contributed by atoms with Crippen LogP contribution in [0.15, 0.2) is 48.8 Å². The summed E-state index contributed by atoms with van der Waals surface area (Å²) in [6.07, 6.45) is 4.53. The van der Waals surface area contributed by atoms with E-state index >= 15 is 0 Å². The van der Waals surface area contributed by atoms with Gasteiger partial charge in [0, 0.05) is 31.3 Å². The normalized spacial score (nSPS) is 16.4. The van der Waals surface area contributed by atoms with Crippen molar-refractivity contribution in [2.75, 3.05) is 18.5 Å². The zero-order chi connectivity index (χ0) is 16.8. The van der Waals surface area contributed by atoms with Crippen LogP contribution in [0, 0.1) is 0 Å². The predicted octanol–water partition coefficient (Wildman–Crippen LogP) is 2.11. The summed E-state index contributed by atoms with van der Waals surface area (Å²) in [5, 5.41) is 2.87. The largest absolute Gasteiger partial charge is 0.489 e. The van der Waals surface area contributed by atoms with Crippen LogP contribution < -0.4 is 15.8 Å². The summed E-state index contributed by atoms with van der Waals surface area (Å²) in [7, 11) is 0. The van der Waals surface area contributed by atoms with Crippen LogP contribution in [0.2, 0.25) is 0 Å². The molecule has 2 heterocycles. The molecule has 0 spiro atoms. The number of carbonyl (C=O) groups is 1. The Balaban J connectivity index is 1.55. The maximum Gasteiger partial charge on any atom is 0.244 e. The Bertz CT molecular complexity index is 668. The number of pyridine rings is 1. The molecule has 1 aliphatic heterocycles. The number of ether oxygens (including phenoxy) is 2. The number of nitrogens with two attached hydrogens (primary N) is 1. The molecule has 0 aliphatic carbocycles. The molecule has 0 unspecified atom stereocenters. The van der Waals surface area contributed by atoms with Crippen LogP contribution in [0.4, 0.5) is 5.69 Å². The second-order valence-corrected chi connectivity index (χ2v) is 5.89. The van der Waals surface area contributed by atoms with E-state index in [9.17, 15) is 4.79 Å². The van der Waals surface area contributed by atoms with Crippen LogP contribution in [-0.2, 0) is 16.1 Å². The minimum Gasteiger partial charge on any atom is -0.489 e. The van der Waals surface area contributed by atoms with Crippen LogP contribution in [0.3, 0.4) is 0 Å². The number of hydrogen-bond acceptors (Lipinski definition) is 5. The zero-order valence-corrected chi connectivity index (χ0v) is 13.4. The van der Waals surface area contributed by atoms with Gasteiger partial charge < -0.3 is 20.5 Å². The quantitative estimate of drug-likeness (QED) is 0.878. The molecule has 2 aromatic rings. The van der Waals surface area contributed by atoms with Gasteiger partial charge in [-0.2, -0.15) is 0 Å². The molecule has 1 aliphatic rings. The number of nitrogens with one attached hydrogen (secondary N) is 1. The summed E-state index contributed by atoms with van der Waals surface area (Å²) >= 11 is 0. The van der Waals surface area contributed by atoms with Gasteiger partial charge in [0.1, 0.15) is 17.9 Å². The minimum atomic E-state index is -0.852. The van der Waals surface area contributed by atoms with E-state index in [2.05, 4.69) is 10.3 Å². The maximum absolute atomic E-state index is 12.4. The van der Waals surface area contributed by atoms with Gasteiger partial charge in [-0.15, -0.1) is 0 Å². The van der Waals surface area contributed by atoms with Crippen LogP contribution in [0.1, 0.15) is 18.4 Å². The topological polar surface area (TPSA) is 86.5 Å². The first-order chi connectivity index (χ1) is 11.7. The smallest absolute Gasteiger partial charge is 0.244 e. The van der Waals surface area contributed by atoms with Crippen molar-refractivity contribution in [3.05, 3.63) is 54.4 Å². The molecule has 0 atom stereocenters. The predicted molar refractivity (Wildman–Crippen MR) is 90.6 cm³/mol. The molecule has 0 bridgehead atoms. The van der Waals surface area contributed by atoms with Crippen LogP contribution in [-0.4, -0.2) is 29.6 Å². The van der Waals surface area contributed by atoms with Crippen molar-refractivity contribution in [1.82, 2.24) is 4.98 Å². The summed E-state index contributed by atoms with van der Waals surface area (Å²) in [5.41, 5.74) is 7.07. The molecule has 1 fully saturated rings. The van der Waals surface area contributed by atoms with Gasteiger partial charge in [-0.05, 0) is 54.8 Å². The van der Waals surface area contributed by atoms with Crippen molar-refractivity contribution >= 4 is 11.6 Å². The number of rotatable bonds is 5. The first-order valence-corrected chi connectivity index (χ1v) is 7.96. The summed E-state index contributed by atoms with van der Waals surface area (Å²) in [4.78, 5) is 16.3. The Morgan fingerprint density at radius 3 is 2.50 bits per heavy atom. The lowest BCUT2D eigenvalue weighted by atomic mass is 9.90. The fourth-order valence-electron chi connectivity index (χ4n) is 2.50. The molecule has 3 N–H and O–H groups in total. The molecule has 3 rings (SSSR count). The Kier molecular flexibility index (Phi) is 5.08. The third kappa shape index (κ3) is 4.10. The van der Waals surface area contributed by atoms with E-state index in [4.69, 9.17) is 15.2 Å². The molecule has 24 heavy (non-hydrogen) atoms. The molecule has 0 radical (unpaired) electrons. The summed E-state index contributed by atoms with van der Waals surface area (Å²) in [6, 6.07) is 11.1. The monoisotopic (exact) mass is 327 g/mol. The highest BCUT2D eigenvalue weighted by Crippen LogP contribution is 2.22. The molecule has 6 heteroatoms. The van der Waals surface area contributed by atoms with Crippen molar-refractivity contribution in [1.29, 1.82) is 0 Å². The second-order valence-electron chi connectivity index (χ2n) is 5.89. The van der Waals surface area contributed by atoms with E-state index in [-0.39, 0.29) is 5.91 Å². The third-order valence-corrected chi connectivity index (χ3v) is 4.10. The summed E-state index contributed by atoms with van der Waals surface area (Å²) in [6.45, 7) is 1.51. The summed E-state index contributed by atoms with van der Waals surface area (Å²) in [5.74, 6) is 0.564. The number of amides is 1. The lowest BCUT2D eigenvalue weighted by Crippen LogP contribution is -2.54. The van der Waals surface area contributed by atoms with Crippen molar-refractivity contribution in [2.45, 2.75) is 25.0 Å². The van der Waals surface area contributed by atoms with E-state index < -0.39 is 5.54 Å². The molecule has 1 saturated heterocycles. The van der Waals surface area contributed by atoms with E-state index in [1.807, 2.05) is 36.4 Å². The van der Waals surface area contributed by atoms with Crippen molar-refractivity contribution < 1.29 is 14.3 Å². The van der Waals surface area contributed by atoms with Crippen molar-refractivity contribution in [3.63, 3.8) is 0 Å². The number of nitrogens with zero attached hydrogens (tertiary/aromatic N) is 1. The number of aromatic nitrogens is 1. The minimum absolute atomic E-state index is 0.170. The Hall–Kier alpha value is -2.44. The first-order valence-electron chi connectivity index (χ1n) is 7.96.